The van der Waals surface area contributed by atoms with Gasteiger partial charge in [0, 0.05) is 5.92 Å². The number of aromatic nitrogens is 2. The van der Waals surface area contributed by atoms with Crippen molar-refractivity contribution >= 4 is 34.2 Å². The summed E-state index contributed by atoms with van der Waals surface area (Å²) in [5, 5.41) is 0.621. The highest BCUT2D eigenvalue weighted by molar-refractivity contribution is 14.1. The van der Waals surface area contributed by atoms with Crippen LogP contribution in [-0.4, -0.2) is 9.97 Å². The van der Waals surface area contributed by atoms with Crippen LogP contribution in [0.2, 0.25) is 5.15 Å². The summed E-state index contributed by atoms with van der Waals surface area (Å²) >= 11 is 8.37. The van der Waals surface area contributed by atoms with E-state index in [0.29, 0.717) is 11.1 Å². The Morgan fingerprint density at radius 3 is 2.24 bits per heavy atom. The summed E-state index contributed by atoms with van der Waals surface area (Å²) < 4.78 is 0.985. The summed E-state index contributed by atoms with van der Waals surface area (Å²) in [5.74, 6) is 1.48. The van der Waals surface area contributed by atoms with Crippen molar-refractivity contribution in [1.29, 1.82) is 0 Å². The molecule has 0 N–H and O–H groups in total. The molecule has 0 atom stereocenters. The van der Waals surface area contributed by atoms with Gasteiger partial charge in [-0.3, -0.25) is 0 Å². The van der Waals surface area contributed by atoms with Crippen LogP contribution in [0, 0.1) is 10.5 Å². The van der Waals surface area contributed by atoms with Gasteiger partial charge in [-0.25, -0.2) is 9.97 Å². The minimum Gasteiger partial charge on any atom is -0.237 e. The van der Waals surface area contributed by atoms with Crippen LogP contribution in [0.25, 0.3) is 0 Å². The van der Waals surface area contributed by atoms with Crippen molar-refractivity contribution < 1.29 is 0 Å². The van der Waals surface area contributed by atoms with E-state index in [-0.39, 0.29) is 0 Å². The molecule has 0 aliphatic heterocycles. The van der Waals surface area contributed by atoms with Gasteiger partial charge in [-0.1, -0.05) is 43.7 Å². The van der Waals surface area contributed by atoms with E-state index < -0.39 is 0 Å². The standard InChI is InChI=1S/C13H18ClIN2/c1-9-11(15)12(14)17-13(16-9)10-7-5-3-2-4-6-8-10/h10H,2-8H2,1H3. The van der Waals surface area contributed by atoms with E-state index in [0.717, 1.165) is 15.1 Å². The average Bonchev–Trinajstić information content (AvgIpc) is 2.25. The highest BCUT2D eigenvalue weighted by Crippen LogP contribution is 2.30. The smallest absolute Gasteiger partial charge is 0.146 e. The molecule has 0 saturated heterocycles. The van der Waals surface area contributed by atoms with E-state index >= 15 is 0 Å². The molecule has 0 bridgehead atoms. The maximum atomic E-state index is 6.15. The lowest BCUT2D eigenvalue weighted by molar-refractivity contribution is 0.441. The molecule has 1 aliphatic rings. The molecule has 0 spiro atoms. The van der Waals surface area contributed by atoms with Crippen LogP contribution in [-0.2, 0) is 0 Å². The van der Waals surface area contributed by atoms with Gasteiger partial charge in [-0.05, 0) is 42.4 Å². The lowest BCUT2D eigenvalue weighted by atomic mass is 9.90. The summed E-state index contributed by atoms with van der Waals surface area (Å²) in [5.41, 5.74) is 1.02. The number of hydrogen-bond acceptors (Lipinski definition) is 2. The summed E-state index contributed by atoms with van der Waals surface area (Å²) in [6, 6.07) is 0. The molecular weight excluding hydrogens is 347 g/mol. The van der Waals surface area contributed by atoms with E-state index in [4.69, 9.17) is 11.6 Å². The molecule has 0 amide bonds. The molecule has 1 aliphatic carbocycles. The molecule has 0 aromatic carbocycles. The summed E-state index contributed by atoms with van der Waals surface area (Å²) in [4.78, 5) is 9.10. The van der Waals surface area contributed by atoms with Crippen LogP contribution in [0.1, 0.15) is 62.4 Å². The Morgan fingerprint density at radius 1 is 1.06 bits per heavy atom. The Kier molecular flexibility index (Phi) is 5.03. The SMILES string of the molecule is Cc1nc(C2CCCCCCC2)nc(Cl)c1I. The predicted octanol–water partition coefficient (Wildman–Crippen LogP) is 4.87. The Bertz CT molecular complexity index is 364. The van der Waals surface area contributed by atoms with Crippen LogP contribution in [0.15, 0.2) is 0 Å². The lowest BCUT2D eigenvalue weighted by Gasteiger charge is -2.19. The predicted molar refractivity (Wildman–Crippen MR) is 79.6 cm³/mol. The van der Waals surface area contributed by atoms with Gasteiger partial charge in [-0.15, -0.1) is 0 Å². The number of aryl methyl sites for hydroxylation is 1. The second-order valence-electron chi connectivity index (χ2n) is 4.81. The van der Waals surface area contributed by atoms with Crippen LogP contribution in [0.3, 0.4) is 0 Å². The zero-order valence-corrected chi connectivity index (χ0v) is 13.1. The van der Waals surface area contributed by atoms with Gasteiger partial charge in [0.15, 0.2) is 0 Å². The largest absolute Gasteiger partial charge is 0.237 e. The number of rotatable bonds is 1. The molecular formula is C13H18ClIN2. The van der Waals surface area contributed by atoms with E-state index in [1.807, 2.05) is 6.92 Å². The molecule has 2 rings (SSSR count). The molecule has 1 aromatic heterocycles. The minimum absolute atomic E-state index is 0.517. The van der Waals surface area contributed by atoms with Crippen LogP contribution in [0.4, 0.5) is 0 Å². The zero-order valence-electron chi connectivity index (χ0n) is 10.2. The van der Waals surface area contributed by atoms with Crippen molar-refractivity contribution in [2.75, 3.05) is 0 Å². The van der Waals surface area contributed by atoms with E-state index in [9.17, 15) is 0 Å². The fourth-order valence-corrected chi connectivity index (χ4v) is 2.91. The number of hydrogen-bond donors (Lipinski definition) is 0. The molecule has 1 aromatic rings. The Balaban J connectivity index is 2.19. The van der Waals surface area contributed by atoms with Gasteiger partial charge in [0.1, 0.15) is 11.0 Å². The average molecular weight is 365 g/mol. The first kappa shape index (κ1) is 13.5. The third-order valence-corrected chi connectivity index (χ3v) is 5.35. The highest BCUT2D eigenvalue weighted by Gasteiger charge is 2.18. The van der Waals surface area contributed by atoms with Crippen molar-refractivity contribution in [2.24, 2.45) is 0 Å². The molecule has 0 unspecified atom stereocenters. The van der Waals surface area contributed by atoms with E-state index in [1.54, 1.807) is 0 Å². The number of halogens is 2. The van der Waals surface area contributed by atoms with Crippen LogP contribution < -0.4 is 0 Å². The van der Waals surface area contributed by atoms with Crippen molar-refractivity contribution in [3.05, 3.63) is 20.2 Å². The highest BCUT2D eigenvalue weighted by atomic mass is 127. The topological polar surface area (TPSA) is 25.8 Å². The Hall–Kier alpha value is 0.100. The van der Waals surface area contributed by atoms with Gasteiger partial charge in [0.05, 0.1) is 9.26 Å². The van der Waals surface area contributed by atoms with Gasteiger partial charge in [0.25, 0.3) is 0 Å². The fourth-order valence-electron chi connectivity index (χ4n) is 2.44. The van der Waals surface area contributed by atoms with E-state index in [2.05, 4.69) is 32.6 Å². The molecule has 17 heavy (non-hydrogen) atoms. The third kappa shape index (κ3) is 3.53. The summed E-state index contributed by atoms with van der Waals surface area (Å²) in [6.45, 7) is 2.02. The molecule has 94 valence electrons. The van der Waals surface area contributed by atoms with Gasteiger partial charge >= 0.3 is 0 Å². The Morgan fingerprint density at radius 2 is 1.65 bits per heavy atom. The van der Waals surface area contributed by atoms with Gasteiger partial charge in [-0.2, -0.15) is 0 Å². The van der Waals surface area contributed by atoms with Crippen molar-refractivity contribution in [2.45, 2.75) is 57.8 Å². The third-order valence-electron chi connectivity index (χ3n) is 3.46. The molecule has 1 fully saturated rings. The monoisotopic (exact) mass is 364 g/mol. The van der Waals surface area contributed by atoms with Crippen LogP contribution in [0.5, 0.6) is 0 Å². The normalized spacial score (nSPS) is 18.8. The lowest BCUT2D eigenvalue weighted by Crippen LogP contribution is -2.09. The van der Waals surface area contributed by atoms with Gasteiger partial charge < -0.3 is 0 Å². The van der Waals surface area contributed by atoms with Crippen molar-refractivity contribution in [3.63, 3.8) is 0 Å². The molecule has 1 heterocycles. The maximum absolute atomic E-state index is 6.15. The number of nitrogens with zero attached hydrogens (tertiary/aromatic N) is 2. The Labute approximate surface area is 122 Å². The molecule has 0 radical (unpaired) electrons. The molecule has 2 nitrogen and oxygen atoms in total. The summed E-state index contributed by atoms with van der Waals surface area (Å²) in [6.07, 6.45) is 9.14. The van der Waals surface area contributed by atoms with Crippen molar-refractivity contribution in [3.8, 4) is 0 Å². The first-order chi connectivity index (χ1) is 8.18. The van der Waals surface area contributed by atoms with E-state index in [1.165, 1.54) is 44.9 Å². The van der Waals surface area contributed by atoms with Crippen molar-refractivity contribution in [1.82, 2.24) is 9.97 Å². The summed E-state index contributed by atoms with van der Waals surface area (Å²) in [7, 11) is 0. The first-order valence-corrected chi connectivity index (χ1v) is 7.83. The molecule has 1 saturated carbocycles. The maximum Gasteiger partial charge on any atom is 0.146 e. The second-order valence-corrected chi connectivity index (χ2v) is 6.25. The minimum atomic E-state index is 0.517. The first-order valence-electron chi connectivity index (χ1n) is 6.38. The molecule has 4 heteroatoms. The second kappa shape index (κ2) is 6.32. The fraction of sp³-hybridized carbons (Fsp3) is 0.692. The van der Waals surface area contributed by atoms with Crippen LogP contribution >= 0.6 is 34.2 Å². The zero-order chi connectivity index (χ0) is 12.3. The van der Waals surface area contributed by atoms with Gasteiger partial charge in [0.2, 0.25) is 0 Å². The quantitative estimate of drug-likeness (QED) is 0.525.